The number of ether oxygens (including phenoxy) is 2. The highest BCUT2D eigenvalue weighted by molar-refractivity contribution is 5.80. The van der Waals surface area contributed by atoms with Crippen LogP contribution in [0.4, 0.5) is 0 Å². The minimum atomic E-state index is -0.381. The lowest BCUT2D eigenvalue weighted by Gasteiger charge is -2.36. The Morgan fingerprint density at radius 3 is 2.63 bits per heavy atom. The summed E-state index contributed by atoms with van der Waals surface area (Å²) in [5.41, 5.74) is -0.381. The maximum atomic E-state index is 12.5. The molecule has 0 aliphatic carbocycles. The summed E-state index contributed by atoms with van der Waals surface area (Å²) in [5, 5.41) is 0. The van der Waals surface area contributed by atoms with Crippen LogP contribution in [-0.4, -0.2) is 68.1 Å². The van der Waals surface area contributed by atoms with Crippen LogP contribution in [0.1, 0.15) is 32.1 Å². The quantitative estimate of drug-likeness (QED) is 0.542. The van der Waals surface area contributed by atoms with Crippen LogP contribution in [0.5, 0.6) is 5.75 Å². The SMILES string of the molecule is CN(C)CC1CC2(CCN(C(=O)CCCOc3ccccc3)CC2)C(=O)O1. The van der Waals surface area contributed by atoms with E-state index in [0.29, 0.717) is 45.4 Å². The van der Waals surface area contributed by atoms with Crippen LogP contribution < -0.4 is 4.74 Å². The van der Waals surface area contributed by atoms with Crippen molar-refractivity contribution in [1.29, 1.82) is 0 Å². The molecule has 0 saturated carbocycles. The van der Waals surface area contributed by atoms with Gasteiger partial charge in [-0.25, -0.2) is 0 Å². The van der Waals surface area contributed by atoms with Gasteiger partial charge in [-0.05, 0) is 45.5 Å². The lowest BCUT2D eigenvalue weighted by atomic mass is 9.76. The number of amides is 1. The molecule has 2 aliphatic rings. The summed E-state index contributed by atoms with van der Waals surface area (Å²) >= 11 is 0. The van der Waals surface area contributed by atoms with Gasteiger partial charge in [-0.3, -0.25) is 9.59 Å². The van der Waals surface area contributed by atoms with Crippen LogP contribution in [0.2, 0.25) is 0 Å². The Bertz CT molecular complexity index is 639. The summed E-state index contributed by atoms with van der Waals surface area (Å²) in [5.74, 6) is 0.910. The van der Waals surface area contributed by atoms with E-state index in [-0.39, 0.29) is 23.4 Å². The number of likely N-dealkylation sites (tertiary alicyclic amines) is 1. The molecule has 1 aromatic carbocycles. The van der Waals surface area contributed by atoms with Crippen LogP contribution >= 0.6 is 0 Å². The molecule has 2 aliphatic heterocycles. The van der Waals surface area contributed by atoms with Crippen molar-refractivity contribution in [2.75, 3.05) is 40.3 Å². The van der Waals surface area contributed by atoms with E-state index in [1.807, 2.05) is 54.2 Å². The largest absolute Gasteiger partial charge is 0.494 e. The highest BCUT2D eigenvalue weighted by atomic mass is 16.6. The molecule has 1 atom stereocenters. The smallest absolute Gasteiger partial charge is 0.312 e. The van der Waals surface area contributed by atoms with E-state index in [4.69, 9.17) is 9.47 Å². The molecule has 1 amide bonds. The van der Waals surface area contributed by atoms with Crippen molar-refractivity contribution in [3.8, 4) is 5.75 Å². The van der Waals surface area contributed by atoms with Crippen LogP contribution in [0.3, 0.4) is 0 Å². The number of para-hydroxylation sites is 1. The van der Waals surface area contributed by atoms with Crippen LogP contribution in [0.25, 0.3) is 0 Å². The maximum Gasteiger partial charge on any atom is 0.312 e. The predicted molar refractivity (Wildman–Crippen MR) is 102 cm³/mol. The third-order valence-electron chi connectivity index (χ3n) is 5.51. The minimum absolute atomic E-state index is 0.0233. The van der Waals surface area contributed by atoms with Gasteiger partial charge in [0.2, 0.25) is 5.91 Å². The number of rotatable bonds is 7. The lowest BCUT2D eigenvalue weighted by Crippen LogP contribution is -2.45. The second-order valence-corrected chi connectivity index (χ2v) is 7.92. The molecule has 0 N–H and O–H groups in total. The van der Waals surface area contributed by atoms with Gasteiger partial charge in [-0.15, -0.1) is 0 Å². The van der Waals surface area contributed by atoms with Gasteiger partial charge >= 0.3 is 5.97 Å². The normalized spacial score (nSPS) is 21.5. The zero-order valence-corrected chi connectivity index (χ0v) is 16.4. The standard InChI is InChI=1S/C21H30N2O4/c1-22(2)16-18-15-21(20(25)27-18)10-12-23(13-11-21)19(24)9-6-14-26-17-7-4-3-5-8-17/h3-5,7-8,18H,6,9-16H2,1-2H3. The molecule has 2 fully saturated rings. The Morgan fingerprint density at radius 2 is 1.96 bits per heavy atom. The second-order valence-electron chi connectivity index (χ2n) is 7.92. The number of benzene rings is 1. The van der Waals surface area contributed by atoms with Gasteiger partial charge in [0.25, 0.3) is 0 Å². The molecule has 27 heavy (non-hydrogen) atoms. The number of hydrogen-bond acceptors (Lipinski definition) is 5. The highest BCUT2D eigenvalue weighted by Crippen LogP contribution is 2.43. The molecule has 0 bridgehead atoms. The van der Waals surface area contributed by atoms with E-state index in [0.717, 1.165) is 18.7 Å². The molecular weight excluding hydrogens is 344 g/mol. The molecule has 3 rings (SSSR count). The maximum absolute atomic E-state index is 12.5. The van der Waals surface area contributed by atoms with Crippen molar-refractivity contribution in [3.63, 3.8) is 0 Å². The molecule has 1 aromatic rings. The van der Waals surface area contributed by atoms with Gasteiger partial charge in [-0.2, -0.15) is 0 Å². The number of piperidine rings is 1. The molecule has 2 heterocycles. The lowest BCUT2D eigenvalue weighted by molar-refractivity contribution is -0.152. The Hall–Kier alpha value is -2.08. The van der Waals surface area contributed by atoms with Gasteiger partial charge in [0.15, 0.2) is 0 Å². The van der Waals surface area contributed by atoms with Crippen LogP contribution in [-0.2, 0) is 14.3 Å². The molecule has 0 aromatic heterocycles. The fourth-order valence-electron chi connectivity index (χ4n) is 4.03. The van der Waals surface area contributed by atoms with E-state index in [1.54, 1.807) is 0 Å². The van der Waals surface area contributed by atoms with E-state index in [1.165, 1.54) is 0 Å². The molecule has 1 unspecified atom stereocenters. The van der Waals surface area contributed by atoms with Crippen molar-refractivity contribution < 1.29 is 19.1 Å². The van der Waals surface area contributed by atoms with Crippen LogP contribution in [0, 0.1) is 5.41 Å². The molecule has 0 radical (unpaired) electrons. The number of nitrogens with zero attached hydrogens (tertiary/aromatic N) is 2. The van der Waals surface area contributed by atoms with E-state index in [9.17, 15) is 9.59 Å². The van der Waals surface area contributed by atoms with Crippen molar-refractivity contribution in [1.82, 2.24) is 9.80 Å². The van der Waals surface area contributed by atoms with Crippen molar-refractivity contribution in [2.24, 2.45) is 5.41 Å². The van der Waals surface area contributed by atoms with Gasteiger partial charge < -0.3 is 19.3 Å². The summed E-state index contributed by atoms with van der Waals surface area (Å²) in [6.45, 7) is 2.58. The minimum Gasteiger partial charge on any atom is -0.494 e. The second kappa shape index (κ2) is 8.74. The third-order valence-corrected chi connectivity index (χ3v) is 5.51. The molecule has 1 spiro atoms. The van der Waals surface area contributed by atoms with Crippen LogP contribution in [0.15, 0.2) is 30.3 Å². The number of hydrogen-bond donors (Lipinski definition) is 0. The van der Waals surface area contributed by atoms with E-state index in [2.05, 4.69) is 0 Å². The summed E-state index contributed by atoms with van der Waals surface area (Å²) in [6, 6.07) is 9.64. The van der Waals surface area contributed by atoms with Gasteiger partial charge in [-0.1, -0.05) is 18.2 Å². The zero-order chi connectivity index (χ0) is 19.3. The Balaban J connectivity index is 1.39. The fourth-order valence-corrected chi connectivity index (χ4v) is 4.03. The monoisotopic (exact) mass is 374 g/mol. The predicted octanol–water partition coefficient (Wildman–Crippen LogP) is 2.33. The van der Waals surface area contributed by atoms with E-state index < -0.39 is 0 Å². The first kappa shape index (κ1) is 19.7. The van der Waals surface area contributed by atoms with E-state index >= 15 is 0 Å². The average Bonchev–Trinajstić information content (AvgIpc) is 2.94. The Kier molecular flexibility index (Phi) is 6.37. The average molecular weight is 374 g/mol. The number of cyclic esters (lactones) is 1. The zero-order valence-electron chi connectivity index (χ0n) is 16.4. The summed E-state index contributed by atoms with van der Waals surface area (Å²) in [4.78, 5) is 28.8. The first-order chi connectivity index (χ1) is 13.0. The number of likely N-dealkylation sites (N-methyl/N-ethyl adjacent to an activating group) is 1. The fraction of sp³-hybridized carbons (Fsp3) is 0.619. The van der Waals surface area contributed by atoms with Gasteiger partial charge in [0.1, 0.15) is 11.9 Å². The first-order valence-corrected chi connectivity index (χ1v) is 9.80. The van der Waals surface area contributed by atoms with Gasteiger partial charge in [0, 0.05) is 32.5 Å². The third kappa shape index (κ3) is 5.01. The molecule has 6 nitrogen and oxygen atoms in total. The summed E-state index contributed by atoms with van der Waals surface area (Å²) in [7, 11) is 3.98. The molecule has 6 heteroatoms. The molecule has 2 saturated heterocycles. The van der Waals surface area contributed by atoms with Crippen molar-refractivity contribution in [3.05, 3.63) is 30.3 Å². The summed E-state index contributed by atoms with van der Waals surface area (Å²) < 4.78 is 11.2. The van der Waals surface area contributed by atoms with Crippen molar-refractivity contribution >= 4 is 11.9 Å². The number of esters is 1. The topological polar surface area (TPSA) is 59.1 Å². The molecule has 148 valence electrons. The Morgan fingerprint density at radius 1 is 1.26 bits per heavy atom. The molecular formula is C21H30N2O4. The first-order valence-electron chi connectivity index (χ1n) is 9.80. The van der Waals surface area contributed by atoms with Crippen molar-refractivity contribution in [2.45, 2.75) is 38.2 Å². The number of carbonyl (C=O) groups excluding carboxylic acids is 2. The highest BCUT2D eigenvalue weighted by Gasteiger charge is 2.50. The number of carbonyl (C=O) groups is 2. The van der Waals surface area contributed by atoms with Gasteiger partial charge in [0.05, 0.1) is 12.0 Å². The Labute approximate surface area is 161 Å². The summed E-state index contributed by atoms with van der Waals surface area (Å²) in [6.07, 6.45) is 3.35.